The molecule has 0 spiro atoms. The Balaban J connectivity index is 1.76. The number of nitrogens with one attached hydrogen (secondary N) is 1. The molecule has 1 aromatic carbocycles. The van der Waals surface area contributed by atoms with Gasteiger partial charge in [-0.3, -0.25) is 14.4 Å². The van der Waals surface area contributed by atoms with Gasteiger partial charge >= 0.3 is 5.97 Å². The van der Waals surface area contributed by atoms with Crippen LogP contribution in [0.1, 0.15) is 50.5 Å². The lowest BCUT2D eigenvalue weighted by Gasteiger charge is -2.35. The van der Waals surface area contributed by atoms with Crippen LogP contribution in [0.25, 0.3) is 0 Å². The van der Waals surface area contributed by atoms with Gasteiger partial charge in [-0.2, -0.15) is 0 Å². The van der Waals surface area contributed by atoms with Gasteiger partial charge in [0.25, 0.3) is 11.8 Å². The topological polar surface area (TPSA) is 84.9 Å². The lowest BCUT2D eigenvalue weighted by Crippen LogP contribution is -2.49. The zero-order chi connectivity index (χ0) is 20.9. The summed E-state index contributed by atoms with van der Waals surface area (Å²) < 4.78 is 10.6. The molecule has 1 heterocycles. The van der Waals surface area contributed by atoms with Gasteiger partial charge in [0.15, 0.2) is 6.61 Å². The van der Waals surface area contributed by atoms with Gasteiger partial charge in [0.05, 0.1) is 12.2 Å². The second-order valence-electron chi connectivity index (χ2n) is 8.23. The minimum absolute atomic E-state index is 0.00141. The first-order valence-electron chi connectivity index (χ1n) is 9.54. The molecule has 1 saturated heterocycles. The van der Waals surface area contributed by atoms with Gasteiger partial charge in [-0.25, -0.2) is 0 Å². The predicted octanol–water partition coefficient (Wildman–Crippen LogP) is 1.89. The smallest absolute Gasteiger partial charge is 0.325 e. The van der Waals surface area contributed by atoms with Crippen molar-refractivity contribution in [2.45, 2.75) is 52.2 Å². The average molecular weight is 390 g/mol. The van der Waals surface area contributed by atoms with Crippen LogP contribution in [0, 0.1) is 0 Å². The molecule has 154 valence electrons. The number of hydrogen-bond acceptors (Lipinski definition) is 5. The van der Waals surface area contributed by atoms with E-state index in [0.29, 0.717) is 18.7 Å². The molecule has 1 fully saturated rings. The zero-order valence-corrected chi connectivity index (χ0v) is 17.3. The molecule has 2 amide bonds. The van der Waals surface area contributed by atoms with Crippen LogP contribution in [-0.4, -0.2) is 61.1 Å². The summed E-state index contributed by atoms with van der Waals surface area (Å²) in [5, 5.41) is 2.52. The summed E-state index contributed by atoms with van der Waals surface area (Å²) in [5.74, 6) is -1.28. The van der Waals surface area contributed by atoms with E-state index in [1.165, 1.54) is 0 Å². The van der Waals surface area contributed by atoms with E-state index in [4.69, 9.17) is 9.47 Å². The first-order chi connectivity index (χ1) is 13.1. The lowest BCUT2D eigenvalue weighted by molar-refractivity contribution is -0.156. The molecule has 0 aliphatic carbocycles. The maximum atomic E-state index is 12.2. The van der Waals surface area contributed by atoms with Crippen LogP contribution < -0.4 is 5.32 Å². The summed E-state index contributed by atoms with van der Waals surface area (Å²) >= 11 is 0. The van der Waals surface area contributed by atoms with Crippen molar-refractivity contribution in [3.05, 3.63) is 35.4 Å². The normalized spacial score (nSPS) is 19.8. The van der Waals surface area contributed by atoms with E-state index in [1.54, 1.807) is 17.0 Å². The quantitative estimate of drug-likeness (QED) is 0.776. The summed E-state index contributed by atoms with van der Waals surface area (Å²) in [4.78, 5) is 37.8. The second kappa shape index (κ2) is 9.19. The van der Waals surface area contributed by atoms with Gasteiger partial charge in [0.1, 0.15) is 6.54 Å². The maximum Gasteiger partial charge on any atom is 0.325 e. The highest BCUT2D eigenvalue weighted by Crippen LogP contribution is 2.22. The average Bonchev–Trinajstić information content (AvgIpc) is 2.62. The van der Waals surface area contributed by atoms with Crippen molar-refractivity contribution in [3.8, 4) is 0 Å². The van der Waals surface area contributed by atoms with E-state index in [-0.39, 0.29) is 42.6 Å². The van der Waals surface area contributed by atoms with E-state index in [1.807, 2.05) is 26.0 Å². The second-order valence-corrected chi connectivity index (χ2v) is 8.23. The Labute approximate surface area is 166 Å². The van der Waals surface area contributed by atoms with Crippen molar-refractivity contribution in [1.82, 2.24) is 10.2 Å². The van der Waals surface area contributed by atoms with Gasteiger partial charge in [-0.1, -0.05) is 32.9 Å². The first-order valence-corrected chi connectivity index (χ1v) is 9.54. The molecule has 0 bridgehead atoms. The van der Waals surface area contributed by atoms with Gasteiger partial charge < -0.3 is 19.7 Å². The lowest BCUT2D eigenvalue weighted by atomic mass is 9.87. The molecule has 1 aromatic rings. The molecule has 1 N–H and O–H groups in total. The van der Waals surface area contributed by atoms with E-state index in [2.05, 4.69) is 26.1 Å². The Hall–Kier alpha value is -2.41. The molecule has 7 heteroatoms. The van der Waals surface area contributed by atoms with Crippen LogP contribution in [0.5, 0.6) is 0 Å². The van der Waals surface area contributed by atoms with Crippen molar-refractivity contribution >= 4 is 17.8 Å². The summed E-state index contributed by atoms with van der Waals surface area (Å²) in [6.45, 7) is 10.4. The Bertz CT molecular complexity index is 699. The third-order valence-corrected chi connectivity index (χ3v) is 4.54. The molecule has 0 unspecified atom stereocenters. The van der Waals surface area contributed by atoms with E-state index >= 15 is 0 Å². The third kappa shape index (κ3) is 6.34. The number of amides is 2. The number of carbonyl (C=O) groups is 3. The van der Waals surface area contributed by atoms with Crippen molar-refractivity contribution in [3.63, 3.8) is 0 Å². The molecule has 2 rings (SSSR count). The summed E-state index contributed by atoms with van der Waals surface area (Å²) in [6, 6.07) is 7.25. The van der Waals surface area contributed by atoms with Crippen molar-refractivity contribution < 1.29 is 23.9 Å². The first kappa shape index (κ1) is 21.9. The van der Waals surface area contributed by atoms with Crippen LogP contribution in [0.4, 0.5) is 0 Å². The predicted molar refractivity (Wildman–Crippen MR) is 105 cm³/mol. The molecule has 1 aliphatic rings. The number of benzene rings is 1. The van der Waals surface area contributed by atoms with Crippen molar-refractivity contribution in [1.29, 1.82) is 0 Å². The van der Waals surface area contributed by atoms with Crippen LogP contribution in [0.2, 0.25) is 0 Å². The highest BCUT2D eigenvalue weighted by molar-refractivity contribution is 5.96. The Kier molecular flexibility index (Phi) is 7.18. The molecule has 7 nitrogen and oxygen atoms in total. The Morgan fingerprint density at radius 3 is 2.21 bits per heavy atom. The molecule has 1 aliphatic heterocycles. The largest absolute Gasteiger partial charge is 0.454 e. The van der Waals surface area contributed by atoms with Crippen molar-refractivity contribution in [2.24, 2.45) is 0 Å². The molecule has 0 radical (unpaired) electrons. The number of hydrogen-bond donors (Lipinski definition) is 1. The van der Waals surface area contributed by atoms with Crippen molar-refractivity contribution in [2.75, 3.05) is 26.2 Å². The fourth-order valence-corrected chi connectivity index (χ4v) is 3.04. The zero-order valence-electron chi connectivity index (χ0n) is 17.3. The van der Waals surface area contributed by atoms with Crippen LogP contribution in [0.15, 0.2) is 24.3 Å². The monoisotopic (exact) mass is 390 g/mol. The molecule has 2 atom stereocenters. The maximum absolute atomic E-state index is 12.2. The van der Waals surface area contributed by atoms with Gasteiger partial charge in [-0.05, 0) is 37.0 Å². The van der Waals surface area contributed by atoms with E-state index in [9.17, 15) is 14.4 Å². The van der Waals surface area contributed by atoms with E-state index in [0.717, 1.165) is 5.56 Å². The SMILES string of the molecule is C[C@@H]1CN(C(=O)COC(=O)CNC(=O)c2ccc(C(C)(C)C)cc2)C[C@@H](C)O1. The Morgan fingerprint density at radius 2 is 1.68 bits per heavy atom. The van der Waals surface area contributed by atoms with Gasteiger partial charge in [-0.15, -0.1) is 0 Å². The minimum atomic E-state index is -0.651. The summed E-state index contributed by atoms with van der Waals surface area (Å²) in [6.07, 6.45) is -0.0975. The summed E-state index contributed by atoms with van der Waals surface area (Å²) in [5.41, 5.74) is 1.59. The standard InChI is InChI=1S/C21H30N2O5/c1-14-11-23(12-15(2)28-14)18(24)13-27-19(25)10-22-20(26)16-6-8-17(9-7-16)21(3,4)5/h6-9,14-15H,10-13H2,1-5H3,(H,22,26)/t14-,15-/m1/s1. The van der Waals surface area contributed by atoms with Gasteiger partial charge in [0, 0.05) is 18.7 Å². The molecule has 28 heavy (non-hydrogen) atoms. The number of carbonyl (C=O) groups excluding carboxylic acids is 3. The van der Waals surface area contributed by atoms with Crippen LogP contribution in [0.3, 0.4) is 0 Å². The molecular formula is C21H30N2O5. The highest BCUT2D eigenvalue weighted by Gasteiger charge is 2.26. The van der Waals surface area contributed by atoms with Crippen LogP contribution in [-0.2, 0) is 24.5 Å². The molecule has 0 aromatic heterocycles. The third-order valence-electron chi connectivity index (χ3n) is 4.54. The Morgan fingerprint density at radius 1 is 1.11 bits per heavy atom. The number of nitrogens with zero attached hydrogens (tertiary/aromatic N) is 1. The van der Waals surface area contributed by atoms with E-state index < -0.39 is 5.97 Å². The highest BCUT2D eigenvalue weighted by atomic mass is 16.5. The summed E-state index contributed by atoms with van der Waals surface area (Å²) in [7, 11) is 0. The minimum Gasteiger partial charge on any atom is -0.454 e. The molecular weight excluding hydrogens is 360 g/mol. The number of morpholine rings is 1. The fourth-order valence-electron chi connectivity index (χ4n) is 3.04. The number of esters is 1. The number of rotatable bonds is 5. The number of ether oxygens (including phenoxy) is 2. The fraction of sp³-hybridized carbons (Fsp3) is 0.571. The van der Waals surface area contributed by atoms with Crippen LogP contribution >= 0.6 is 0 Å². The van der Waals surface area contributed by atoms with Gasteiger partial charge in [0.2, 0.25) is 0 Å². The molecule has 0 saturated carbocycles.